The molecule has 2 aromatic rings. The highest BCUT2D eigenvalue weighted by Gasteiger charge is 2.57. The van der Waals surface area contributed by atoms with E-state index in [2.05, 4.69) is 24.3 Å². The third-order valence-electron chi connectivity index (χ3n) is 10.2. The molecule has 3 saturated heterocycles. The minimum absolute atomic E-state index is 0.00419. The van der Waals surface area contributed by atoms with E-state index in [-0.39, 0.29) is 17.5 Å². The molecular formula is C33H42NO3S+. The van der Waals surface area contributed by atoms with Crippen LogP contribution in [0.3, 0.4) is 0 Å². The lowest BCUT2D eigenvalue weighted by Gasteiger charge is -2.47. The molecular weight excluding hydrogens is 490 g/mol. The van der Waals surface area contributed by atoms with Gasteiger partial charge in [-0.25, -0.2) is 4.79 Å². The quantitative estimate of drug-likeness (QED) is 0.194. The second-order valence-electron chi connectivity index (χ2n) is 12.7. The molecule has 5 aliphatic rings. The molecule has 7 rings (SSSR count). The van der Waals surface area contributed by atoms with E-state index in [1.165, 1.54) is 68.9 Å². The zero-order chi connectivity index (χ0) is 25.6. The lowest BCUT2D eigenvalue weighted by atomic mass is 9.85. The van der Waals surface area contributed by atoms with E-state index in [1.807, 2.05) is 48.2 Å². The zero-order valence-corrected chi connectivity index (χ0v) is 23.3. The molecule has 0 amide bonds. The number of nitrogens with zero attached hydrogens (tertiary/aromatic N) is 1. The van der Waals surface area contributed by atoms with Crippen LogP contribution in [0.2, 0.25) is 0 Å². The SMILES string of the molecule is O=C(OC1CC2CCC(C1)[N+]21CCCC1)C(OC(SCC1CC1)C1CC1)(c1ccccc1)c1ccccc1. The summed E-state index contributed by atoms with van der Waals surface area (Å²) < 4.78 is 15.1. The van der Waals surface area contributed by atoms with E-state index in [9.17, 15) is 4.79 Å². The van der Waals surface area contributed by atoms with E-state index in [0.717, 1.165) is 35.6 Å². The van der Waals surface area contributed by atoms with Crippen LogP contribution in [0.15, 0.2) is 60.7 Å². The summed E-state index contributed by atoms with van der Waals surface area (Å²) in [5.74, 6) is 2.25. The number of hydrogen-bond donors (Lipinski definition) is 0. The van der Waals surface area contributed by atoms with Gasteiger partial charge in [-0.15, -0.1) is 11.8 Å². The number of ether oxygens (including phenoxy) is 2. The maximum Gasteiger partial charge on any atom is 0.348 e. The molecule has 1 spiro atoms. The molecule has 3 unspecified atom stereocenters. The minimum atomic E-state index is -1.25. The van der Waals surface area contributed by atoms with Crippen LogP contribution < -0.4 is 0 Å². The van der Waals surface area contributed by atoms with Crippen LogP contribution in [0.1, 0.15) is 75.3 Å². The van der Waals surface area contributed by atoms with Gasteiger partial charge in [0.15, 0.2) is 0 Å². The van der Waals surface area contributed by atoms with Crippen LogP contribution in [0.25, 0.3) is 0 Å². The van der Waals surface area contributed by atoms with Gasteiger partial charge in [0.25, 0.3) is 0 Å². The summed E-state index contributed by atoms with van der Waals surface area (Å²) in [6.07, 6.45) is 12.3. The molecule has 2 bridgehead atoms. The molecule has 5 fully saturated rings. The number of thioether (sulfide) groups is 1. The van der Waals surface area contributed by atoms with Crippen molar-refractivity contribution in [2.75, 3.05) is 18.8 Å². The fourth-order valence-corrected chi connectivity index (χ4v) is 9.35. The molecule has 3 aliphatic heterocycles. The monoisotopic (exact) mass is 532 g/mol. The van der Waals surface area contributed by atoms with E-state index >= 15 is 0 Å². The average molecular weight is 533 g/mol. The highest BCUT2D eigenvalue weighted by Crippen LogP contribution is 2.49. The topological polar surface area (TPSA) is 35.5 Å². The smallest absolute Gasteiger partial charge is 0.348 e. The minimum Gasteiger partial charge on any atom is -0.459 e. The van der Waals surface area contributed by atoms with Gasteiger partial charge in [-0.2, -0.15) is 0 Å². The fraction of sp³-hybridized carbons (Fsp3) is 0.606. The maximum atomic E-state index is 14.6. The Morgan fingerprint density at radius 2 is 1.42 bits per heavy atom. The van der Waals surface area contributed by atoms with E-state index in [1.54, 1.807) is 0 Å². The molecule has 38 heavy (non-hydrogen) atoms. The molecule has 0 radical (unpaired) electrons. The lowest BCUT2D eigenvalue weighted by molar-refractivity contribution is -0.956. The molecule has 2 aliphatic carbocycles. The van der Waals surface area contributed by atoms with Crippen molar-refractivity contribution < 1.29 is 18.8 Å². The van der Waals surface area contributed by atoms with Gasteiger partial charge in [-0.05, 0) is 54.4 Å². The Bertz CT molecular complexity index is 1050. The van der Waals surface area contributed by atoms with Crippen LogP contribution in [0.5, 0.6) is 0 Å². The van der Waals surface area contributed by atoms with Crippen molar-refractivity contribution in [1.82, 2.24) is 0 Å². The number of rotatable bonds is 10. The Labute approximate surface area is 232 Å². The first-order valence-corrected chi connectivity index (χ1v) is 16.2. The summed E-state index contributed by atoms with van der Waals surface area (Å²) >= 11 is 1.93. The number of benzene rings is 2. The highest BCUT2D eigenvalue weighted by molar-refractivity contribution is 7.99. The second-order valence-corrected chi connectivity index (χ2v) is 13.8. The Kier molecular flexibility index (Phi) is 6.82. The highest BCUT2D eigenvalue weighted by atomic mass is 32.2. The van der Waals surface area contributed by atoms with Crippen molar-refractivity contribution in [2.24, 2.45) is 11.8 Å². The predicted molar refractivity (Wildman–Crippen MR) is 152 cm³/mol. The molecule has 0 N–H and O–H groups in total. The summed E-state index contributed by atoms with van der Waals surface area (Å²) in [5, 5.41) is 0. The fourth-order valence-electron chi connectivity index (χ4n) is 7.80. The predicted octanol–water partition coefficient (Wildman–Crippen LogP) is 6.67. The average Bonchev–Trinajstić information content (AvgIpc) is 3.89. The van der Waals surface area contributed by atoms with Crippen molar-refractivity contribution in [3.05, 3.63) is 71.8 Å². The van der Waals surface area contributed by atoms with Gasteiger partial charge in [0.2, 0.25) is 5.60 Å². The first-order valence-electron chi connectivity index (χ1n) is 15.2. The summed E-state index contributed by atoms with van der Waals surface area (Å²) in [6, 6.07) is 21.7. The molecule has 202 valence electrons. The second kappa shape index (κ2) is 10.3. The van der Waals surface area contributed by atoms with Gasteiger partial charge in [-0.3, -0.25) is 0 Å². The van der Waals surface area contributed by atoms with Crippen molar-refractivity contribution in [1.29, 1.82) is 0 Å². The van der Waals surface area contributed by atoms with Gasteiger partial charge >= 0.3 is 5.97 Å². The molecule has 2 aromatic carbocycles. The van der Waals surface area contributed by atoms with Crippen molar-refractivity contribution in [3.63, 3.8) is 0 Å². The number of piperidine rings is 1. The molecule has 0 aromatic heterocycles. The molecule has 2 saturated carbocycles. The third kappa shape index (κ3) is 4.63. The van der Waals surface area contributed by atoms with Crippen LogP contribution in [-0.2, 0) is 19.9 Å². The van der Waals surface area contributed by atoms with Gasteiger partial charge < -0.3 is 14.0 Å². The van der Waals surface area contributed by atoms with Gasteiger partial charge in [-0.1, -0.05) is 60.7 Å². The first kappa shape index (κ1) is 25.2. The number of carbonyl (C=O) groups is 1. The van der Waals surface area contributed by atoms with Crippen LogP contribution >= 0.6 is 11.8 Å². The van der Waals surface area contributed by atoms with E-state index in [0.29, 0.717) is 18.0 Å². The summed E-state index contributed by atoms with van der Waals surface area (Å²) in [4.78, 5) is 14.6. The Morgan fingerprint density at radius 1 is 0.842 bits per heavy atom. The standard InChI is InChI=1S/C33H42NO3S/c35-32(36-30-21-28-17-18-29(22-30)34(28)19-7-8-20-34)33(26-9-3-1-4-10-26,27-11-5-2-6-12-27)37-31(25-15-16-25)38-23-24-13-14-24/h1-6,9-12,24-25,28-31H,7-8,13-23H2/q+1. The lowest BCUT2D eigenvalue weighted by Crippen LogP contribution is -2.60. The molecule has 3 atom stereocenters. The van der Waals surface area contributed by atoms with Crippen LogP contribution in [0.4, 0.5) is 0 Å². The first-order chi connectivity index (χ1) is 18.7. The Hall–Kier alpha value is -1.82. The van der Waals surface area contributed by atoms with Gasteiger partial charge in [0.05, 0.1) is 25.2 Å². The van der Waals surface area contributed by atoms with Crippen LogP contribution in [0, 0.1) is 11.8 Å². The Balaban J connectivity index is 1.21. The number of hydrogen-bond acceptors (Lipinski definition) is 4. The summed E-state index contributed by atoms with van der Waals surface area (Å²) in [7, 11) is 0. The van der Waals surface area contributed by atoms with Gasteiger partial charge in [0, 0.05) is 38.5 Å². The van der Waals surface area contributed by atoms with E-state index in [4.69, 9.17) is 9.47 Å². The molecule has 3 heterocycles. The molecule has 4 nitrogen and oxygen atoms in total. The van der Waals surface area contributed by atoms with Crippen molar-refractivity contribution in [3.8, 4) is 0 Å². The van der Waals surface area contributed by atoms with Crippen molar-refractivity contribution in [2.45, 2.75) is 93.4 Å². The number of carbonyl (C=O) groups excluding carboxylic acids is 1. The number of quaternary nitrogens is 1. The third-order valence-corrected chi connectivity index (χ3v) is 11.6. The molecule has 5 heteroatoms. The maximum absolute atomic E-state index is 14.6. The summed E-state index contributed by atoms with van der Waals surface area (Å²) in [5.41, 5.74) is 0.527. The van der Waals surface area contributed by atoms with E-state index < -0.39 is 5.60 Å². The van der Waals surface area contributed by atoms with Crippen molar-refractivity contribution >= 4 is 17.7 Å². The summed E-state index contributed by atoms with van der Waals surface area (Å²) in [6.45, 7) is 2.66. The number of esters is 1. The Morgan fingerprint density at radius 3 is 1.95 bits per heavy atom. The van der Waals surface area contributed by atoms with Gasteiger partial charge in [0.1, 0.15) is 11.5 Å². The normalized spacial score (nSPS) is 28.9. The van der Waals surface area contributed by atoms with Crippen LogP contribution in [-0.4, -0.2) is 52.9 Å². The zero-order valence-electron chi connectivity index (χ0n) is 22.5. The largest absolute Gasteiger partial charge is 0.459 e.